The van der Waals surface area contributed by atoms with Crippen LogP contribution in [-0.4, -0.2) is 18.3 Å². The van der Waals surface area contributed by atoms with E-state index in [4.69, 9.17) is 0 Å². The van der Waals surface area contributed by atoms with Crippen LogP contribution in [0, 0.1) is 12.7 Å². The number of halogens is 1. The molecule has 0 spiro atoms. The molecule has 0 atom stereocenters. The van der Waals surface area contributed by atoms with E-state index < -0.39 is 0 Å². The van der Waals surface area contributed by atoms with E-state index in [9.17, 15) is 4.39 Å². The molecule has 8 heteroatoms. The molecule has 3 aromatic rings. The van der Waals surface area contributed by atoms with Crippen LogP contribution in [-0.2, 0) is 6.54 Å². The van der Waals surface area contributed by atoms with Crippen LogP contribution in [0.4, 0.5) is 4.39 Å². The molecule has 0 bridgehead atoms. The Hall–Kier alpha value is -2.74. The van der Waals surface area contributed by atoms with Crippen molar-refractivity contribution in [2.45, 2.75) is 13.5 Å². The summed E-state index contributed by atoms with van der Waals surface area (Å²) in [4.78, 5) is 4.58. The van der Waals surface area contributed by atoms with Gasteiger partial charge in [-0.2, -0.15) is 8.75 Å². The van der Waals surface area contributed by atoms with E-state index in [0.717, 1.165) is 23.1 Å². The Morgan fingerprint density at radius 1 is 1.30 bits per heavy atom. The second-order valence-electron chi connectivity index (χ2n) is 5.15. The van der Waals surface area contributed by atoms with Crippen molar-refractivity contribution in [3.63, 3.8) is 0 Å². The van der Waals surface area contributed by atoms with Crippen molar-refractivity contribution in [2.75, 3.05) is 0 Å². The zero-order chi connectivity index (χ0) is 15.8. The fourth-order valence-electron chi connectivity index (χ4n) is 2.56. The van der Waals surface area contributed by atoms with E-state index in [1.54, 1.807) is 18.3 Å². The van der Waals surface area contributed by atoms with Gasteiger partial charge >= 0.3 is 0 Å². The maximum absolute atomic E-state index is 14.4. The second kappa shape index (κ2) is 5.47. The number of benzene rings is 1. The minimum Gasteiger partial charge on any atom is -0.314 e. The maximum Gasteiger partial charge on any atom is 0.163 e. The second-order valence-corrected chi connectivity index (χ2v) is 5.68. The number of fused-ring (bicyclic) bond motifs is 1. The molecule has 116 valence electrons. The SMILES string of the molecule is Cc1nsnc1-c1nc2cccc(F)c2n1CC1=CC=CNN1. The van der Waals surface area contributed by atoms with E-state index in [2.05, 4.69) is 24.6 Å². The maximum atomic E-state index is 14.4. The smallest absolute Gasteiger partial charge is 0.163 e. The molecular weight excluding hydrogens is 315 g/mol. The van der Waals surface area contributed by atoms with Crippen LogP contribution in [0.1, 0.15) is 5.69 Å². The number of hydrogen-bond acceptors (Lipinski definition) is 6. The fraction of sp³-hybridized carbons (Fsp3) is 0.133. The third-order valence-electron chi connectivity index (χ3n) is 3.62. The van der Waals surface area contributed by atoms with E-state index in [0.29, 0.717) is 29.1 Å². The molecule has 2 aromatic heterocycles. The molecule has 0 saturated heterocycles. The van der Waals surface area contributed by atoms with Crippen molar-refractivity contribution < 1.29 is 4.39 Å². The van der Waals surface area contributed by atoms with Gasteiger partial charge in [0.1, 0.15) is 17.0 Å². The van der Waals surface area contributed by atoms with Crippen molar-refractivity contribution >= 4 is 22.8 Å². The summed E-state index contributed by atoms with van der Waals surface area (Å²) in [5, 5.41) is 0. The Morgan fingerprint density at radius 2 is 2.22 bits per heavy atom. The normalized spacial score (nSPS) is 13.7. The van der Waals surface area contributed by atoms with Crippen molar-refractivity contribution in [3.05, 3.63) is 53.8 Å². The predicted octanol–water partition coefficient (Wildman–Crippen LogP) is 2.51. The summed E-state index contributed by atoms with van der Waals surface area (Å²) in [5.74, 6) is 0.315. The third-order valence-corrected chi connectivity index (χ3v) is 4.24. The molecule has 0 unspecified atom stereocenters. The highest BCUT2D eigenvalue weighted by Gasteiger charge is 2.20. The predicted molar refractivity (Wildman–Crippen MR) is 86.8 cm³/mol. The molecule has 6 nitrogen and oxygen atoms in total. The Kier molecular flexibility index (Phi) is 3.30. The van der Waals surface area contributed by atoms with Crippen LogP contribution in [0.5, 0.6) is 0 Å². The topological polar surface area (TPSA) is 67.7 Å². The molecule has 2 N–H and O–H groups in total. The average Bonchev–Trinajstić information content (AvgIpc) is 3.13. The average molecular weight is 328 g/mol. The van der Waals surface area contributed by atoms with Gasteiger partial charge in [0.25, 0.3) is 0 Å². The van der Waals surface area contributed by atoms with Gasteiger partial charge in [-0.15, -0.1) is 0 Å². The number of nitrogens with zero attached hydrogens (tertiary/aromatic N) is 4. The van der Waals surface area contributed by atoms with Crippen molar-refractivity contribution in [1.82, 2.24) is 29.1 Å². The first-order valence-corrected chi connectivity index (χ1v) is 7.78. The van der Waals surface area contributed by atoms with Gasteiger partial charge in [0.05, 0.1) is 35.2 Å². The number of aryl methyl sites for hydroxylation is 1. The van der Waals surface area contributed by atoms with Crippen LogP contribution >= 0.6 is 11.7 Å². The number of nitrogens with one attached hydrogen (secondary N) is 2. The molecule has 0 aliphatic carbocycles. The minimum atomic E-state index is -0.304. The summed E-state index contributed by atoms with van der Waals surface area (Å²) in [6.07, 6.45) is 5.60. The van der Waals surface area contributed by atoms with Gasteiger partial charge in [0, 0.05) is 6.20 Å². The summed E-state index contributed by atoms with van der Waals surface area (Å²) in [5.41, 5.74) is 9.41. The van der Waals surface area contributed by atoms with Gasteiger partial charge in [-0.1, -0.05) is 6.07 Å². The van der Waals surface area contributed by atoms with Gasteiger partial charge in [0.15, 0.2) is 5.82 Å². The van der Waals surface area contributed by atoms with Crippen LogP contribution in [0.2, 0.25) is 0 Å². The number of allylic oxidation sites excluding steroid dienone is 3. The molecule has 0 fully saturated rings. The van der Waals surface area contributed by atoms with Crippen LogP contribution in [0.3, 0.4) is 0 Å². The van der Waals surface area contributed by atoms with Gasteiger partial charge in [-0.05, 0) is 31.2 Å². The molecule has 4 rings (SSSR count). The zero-order valence-corrected chi connectivity index (χ0v) is 13.1. The Bertz CT molecular complexity index is 939. The standard InChI is InChI=1S/C15H13FN6S/c1-9-13(21-23-20-9)15-18-12-6-2-5-11(16)14(12)22(15)8-10-4-3-7-17-19-10/h2-7,17,19H,8H2,1H3. The molecule has 0 radical (unpaired) electrons. The number of para-hydroxylation sites is 1. The lowest BCUT2D eigenvalue weighted by molar-refractivity contribution is 0.614. The van der Waals surface area contributed by atoms with Crippen molar-refractivity contribution in [1.29, 1.82) is 0 Å². The largest absolute Gasteiger partial charge is 0.314 e. The fourth-order valence-corrected chi connectivity index (χ4v) is 3.11. The molecule has 1 aromatic carbocycles. The highest BCUT2D eigenvalue weighted by molar-refractivity contribution is 6.99. The monoisotopic (exact) mass is 328 g/mol. The number of hydrazine groups is 1. The van der Waals surface area contributed by atoms with Gasteiger partial charge in [-0.25, -0.2) is 9.37 Å². The van der Waals surface area contributed by atoms with Gasteiger partial charge in [-0.3, -0.25) is 0 Å². The molecule has 0 amide bonds. The van der Waals surface area contributed by atoms with Gasteiger partial charge in [0.2, 0.25) is 0 Å². The van der Waals surface area contributed by atoms with E-state index >= 15 is 0 Å². The van der Waals surface area contributed by atoms with E-state index in [1.165, 1.54) is 6.07 Å². The minimum absolute atomic E-state index is 0.304. The highest BCUT2D eigenvalue weighted by Crippen LogP contribution is 2.28. The summed E-state index contributed by atoms with van der Waals surface area (Å²) in [7, 11) is 0. The summed E-state index contributed by atoms with van der Waals surface area (Å²) >= 11 is 1.13. The Labute approximate surface area is 135 Å². The van der Waals surface area contributed by atoms with Crippen molar-refractivity contribution in [3.8, 4) is 11.5 Å². The van der Waals surface area contributed by atoms with E-state index in [-0.39, 0.29) is 5.82 Å². The number of aromatic nitrogens is 4. The third kappa shape index (κ3) is 2.36. The molecular formula is C15H13FN6S. The molecule has 23 heavy (non-hydrogen) atoms. The van der Waals surface area contributed by atoms with E-state index in [1.807, 2.05) is 23.6 Å². The zero-order valence-electron chi connectivity index (χ0n) is 12.2. The Balaban J connectivity index is 1.93. The summed E-state index contributed by atoms with van der Waals surface area (Å²) in [6.45, 7) is 2.32. The lowest BCUT2D eigenvalue weighted by Crippen LogP contribution is -2.30. The van der Waals surface area contributed by atoms with Crippen LogP contribution in [0.25, 0.3) is 22.6 Å². The first kappa shape index (κ1) is 13.9. The first-order valence-electron chi connectivity index (χ1n) is 7.05. The number of rotatable bonds is 3. The lowest BCUT2D eigenvalue weighted by atomic mass is 10.3. The number of imidazole rings is 1. The lowest BCUT2D eigenvalue weighted by Gasteiger charge is -2.16. The quantitative estimate of drug-likeness (QED) is 0.773. The Morgan fingerprint density at radius 3 is 2.96 bits per heavy atom. The van der Waals surface area contributed by atoms with Crippen LogP contribution < -0.4 is 10.9 Å². The molecule has 1 aliphatic heterocycles. The molecule has 0 saturated carbocycles. The van der Waals surface area contributed by atoms with Gasteiger partial charge < -0.3 is 15.4 Å². The summed E-state index contributed by atoms with van der Waals surface area (Å²) in [6, 6.07) is 4.90. The first-order chi connectivity index (χ1) is 11.2. The highest BCUT2D eigenvalue weighted by atomic mass is 32.1. The van der Waals surface area contributed by atoms with Crippen molar-refractivity contribution in [2.24, 2.45) is 0 Å². The molecule has 3 heterocycles. The number of hydrogen-bond donors (Lipinski definition) is 2. The van der Waals surface area contributed by atoms with Crippen LogP contribution in [0.15, 0.2) is 42.2 Å². The summed E-state index contributed by atoms with van der Waals surface area (Å²) < 4.78 is 24.7. The molecule has 1 aliphatic rings.